The molecule has 0 unspecified atom stereocenters. The van der Waals surface area contributed by atoms with Crippen molar-refractivity contribution in [2.24, 2.45) is 92.7 Å². The number of carbonyl (C=O) groups excluding carboxylic acids is 2. The van der Waals surface area contributed by atoms with E-state index in [0.29, 0.717) is 83.9 Å². The van der Waals surface area contributed by atoms with Crippen LogP contribution in [0.5, 0.6) is 0 Å². The Hall–Kier alpha value is -0.454. The van der Waals surface area contributed by atoms with Crippen LogP contribution >= 0.6 is 0 Å². The number of carbonyl (C=O) groups is 2. The fourth-order valence-corrected chi connectivity index (χ4v) is 17.4. The van der Waals surface area contributed by atoms with Crippen LogP contribution in [0.25, 0.3) is 0 Å². The Kier molecular flexibility index (Phi) is 14.0. The molecule has 0 aliphatic heterocycles. The van der Waals surface area contributed by atoms with Gasteiger partial charge >= 0.3 is 23.1 Å². The molecule has 57 heavy (non-hydrogen) atoms. The van der Waals surface area contributed by atoms with E-state index in [9.17, 15) is 40.2 Å². The van der Waals surface area contributed by atoms with Gasteiger partial charge in [0.1, 0.15) is 0 Å². The van der Waals surface area contributed by atoms with Crippen LogP contribution in [0.2, 0.25) is 0 Å². The van der Waals surface area contributed by atoms with Gasteiger partial charge in [0.05, 0.1) is 24.4 Å². The molecule has 20 atom stereocenters. The number of aliphatic hydroxyl groups excluding tert-OH is 4. The van der Waals surface area contributed by atoms with Crippen LogP contribution in [0.15, 0.2) is 0 Å². The number of hydrogen-bond donors (Lipinski definition) is 4. The number of aliphatic carboxylic acids is 2. The summed E-state index contributed by atoms with van der Waals surface area (Å²) in [6, 6.07) is 0. The third-order valence-corrected chi connectivity index (χ3v) is 20.6. The minimum Gasteiger partial charge on any atom is -0.550 e. The maximum absolute atomic E-state index is 11.5. The van der Waals surface area contributed by atoms with Gasteiger partial charge in [-0.2, -0.15) is 0 Å². The molecule has 0 aromatic carbocycles. The molecular formula is C48H78MgO8. The van der Waals surface area contributed by atoms with Gasteiger partial charge in [-0.1, -0.05) is 41.5 Å². The molecule has 0 radical (unpaired) electrons. The molecule has 8 aliphatic carbocycles. The molecule has 0 saturated heterocycles. The summed E-state index contributed by atoms with van der Waals surface area (Å²) in [7, 11) is 0. The second kappa shape index (κ2) is 17.4. The van der Waals surface area contributed by atoms with E-state index in [1.165, 1.54) is 38.5 Å². The summed E-state index contributed by atoms with van der Waals surface area (Å²) in [6.45, 7) is 13.9. The molecule has 8 rings (SSSR count). The first-order valence-corrected chi connectivity index (χ1v) is 23.5. The quantitative estimate of drug-likeness (QED) is 0.221. The molecular weight excluding hydrogens is 729 g/mol. The van der Waals surface area contributed by atoms with E-state index < -0.39 is 11.9 Å². The topological polar surface area (TPSA) is 161 Å². The van der Waals surface area contributed by atoms with E-state index >= 15 is 0 Å². The van der Waals surface area contributed by atoms with Gasteiger partial charge in [0.15, 0.2) is 0 Å². The standard InChI is InChI=1S/2C24H40O4.Mg/c2*1-14(4-9-22(27)28)18-7-8-19-17-6-5-15-12-16(25)10-11-23(15,2)20(17)13-21(26)24(18,19)3;/h2*14-21,25-26H,4-13H2,1-3H3,(H,27,28);/q;;+2/p-2/t2*14-,15-,16-,17+,18-,19+,20+,21+,23-,24+;/m11./s1. The predicted octanol–water partition coefficient (Wildman–Crippen LogP) is 5.91. The van der Waals surface area contributed by atoms with Crippen molar-refractivity contribution in [1.29, 1.82) is 0 Å². The molecule has 0 spiro atoms. The van der Waals surface area contributed by atoms with Gasteiger partial charge in [0.25, 0.3) is 0 Å². The zero-order valence-corrected chi connectivity index (χ0v) is 37.9. The molecule has 0 amide bonds. The molecule has 4 N–H and O–H groups in total. The van der Waals surface area contributed by atoms with E-state index in [-0.39, 0.29) is 82.0 Å². The van der Waals surface area contributed by atoms with Gasteiger partial charge < -0.3 is 40.2 Å². The van der Waals surface area contributed by atoms with Crippen LogP contribution in [0.4, 0.5) is 0 Å². The summed E-state index contributed by atoms with van der Waals surface area (Å²) in [6.07, 6.45) is 18.0. The van der Waals surface area contributed by atoms with Crippen LogP contribution in [0.1, 0.15) is 170 Å². The molecule has 8 saturated carbocycles. The molecule has 320 valence electrons. The summed E-state index contributed by atoms with van der Waals surface area (Å²) in [4.78, 5) is 21.9. The van der Waals surface area contributed by atoms with Gasteiger partial charge in [-0.25, -0.2) is 0 Å². The third kappa shape index (κ3) is 7.95. The Morgan fingerprint density at radius 1 is 0.544 bits per heavy atom. The van der Waals surface area contributed by atoms with Crippen LogP contribution in [0.3, 0.4) is 0 Å². The zero-order valence-electron chi connectivity index (χ0n) is 36.5. The summed E-state index contributed by atoms with van der Waals surface area (Å²) in [5.41, 5.74) is 0.375. The number of rotatable bonds is 8. The smallest absolute Gasteiger partial charge is 0.550 e. The number of carboxylic acids is 2. The van der Waals surface area contributed by atoms with Crippen molar-refractivity contribution in [2.45, 2.75) is 194 Å². The van der Waals surface area contributed by atoms with Crippen molar-refractivity contribution >= 4 is 35.0 Å². The van der Waals surface area contributed by atoms with Gasteiger partial charge in [0.2, 0.25) is 0 Å². The predicted molar refractivity (Wildman–Crippen MR) is 218 cm³/mol. The molecule has 0 bridgehead atoms. The Morgan fingerprint density at radius 2 is 0.912 bits per heavy atom. The molecule has 0 aromatic heterocycles. The van der Waals surface area contributed by atoms with E-state index in [0.717, 1.165) is 64.2 Å². The van der Waals surface area contributed by atoms with E-state index in [4.69, 9.17) is 0 Å². The van der Waals surface area contributed by atoms with Crippen LogP contribution < -0.4 is 10.2 Å². The zero-order chi connectivity index (χ0) is 40.5. The van der Waals surface area contributed by atoms with E-state index in [2.05, 4.69) is 41.5 Å². The largest absolute Gasteiger partial charge is 2.00 e. The Morgan fingerprint density at radius 3 is 1.26 bits per heavy atom. The van der Waals surface area contributed by atoms with E-state index in [1.54, 1.807) is 0 Å². The van der Waals surface area contributed by atoms with Crippen LogP contribution in [-0.4, -0.2) is 79.8 Å². The van der Waals surface area contributed by atoms with Gasteiger partial charge in [-0.15, -0.1) is 0 Å². The summed E-state index contributed by atoms with van der Waals surface area (Å²) in [5, 5.41) is 65.2. The summed E-state index contributed by atoms with van der Waals surface area (Å²) in [5.74, 6) is 4.37. The Labute approximate surface area is 360 Å². The molecule has 0 aromatic rings. The SMILES string of the molecule is C[C@H](CCC(=O)[O-])[C@H]1CC[C@H]2[C@@H]3CC[C@@H]4C[C@H](O)CC[C@@]4(C)[C@H]3C[C@H](O)[C@@]12C.C[C@H](CCC(=O)[O-])[C@H]1CC[C@H]2[C@@H]3CC[C@@H]4C[C@H](O)CC[C@@]4(C)[C@H]3C[C@H](O)[C@@]12C.[Mg+2]. The Bertz CT molecular complexity index is 1320. The fraction of sp³-hybridized carbons (Fsp3) is 0.958. The van der Waals surface area contributed by atoms with Gasteiger partial charge in [-0.05, 0) is 221 Å². The third-order valence-electron chi connectivity index (χ3n) is 20.6. The maximum atomic E-state index is 11.5. The summed E-state index contributed by atoms with van der Waals surface area (Å²) >= 11 is 0. The fourth-order valence-electron chi connectivity index (χ4n) is 17.4. The molecule has 8 nitrogen and oxygen atoms in total. The van der Waals surface area contributed by atoms with Crippen molar-refractivity contribution < 1.29 is 40.2 Å². The molecule has 0 heterocycles. The second-order valence-electron chi connectivity index (χ2n) is 22.5. The van der Waals surface area contributed by atoms with Crippen molar-refractivity contribution in [3.05, 3.63) is 0 Å². The number of hydrogen-bond acceptors (Lipinski definition) is 8. The number of aliphatic hydroxyl groups is 4. The average molecular weight is 807 g/mol. The van der Waals surface area contributed by atoms with Crippen LogP contribution in [0, 0.1) is 92.7 Å². The average Bonchev–Trinajstić information content (AvgIpc) is 3.70. The number of carboxylic acid groups (broad SMARTS) is 2. The normalized spacial score (nSPS) is 50.8. The molecule has 9 heteroatoms. The van der Waals surface area contributed by atoms with Gasteiger partial charge in [-0.3, -0.25) is 0 Å². The van der Waals surface area contributed by atoms with E-state index in [1.807, 2.05) is 0 Å². The summed E-state index contributed by atoms with van der Waals surface area (Å²) < 4.78 is 0. The van der Waals surface area contributed by atoms with Crippen LogP contribution in [-0.2, 0) is 9.59 Å². The molecule has 8 fully saturated rings. The van der Waals surface area contributed by atoms with Crippen molar-refractivity contribution in [2.75, 3.05) is 0 Å². The monoisotopic (exact) mass is 807 g/mol. The van der Waals surface area contributed by atoms with Gasteiger partial charge in [0, 0.05) is 11.9 Å². The first-order valence-electron chi connectivity index (χ1n) is 23.5. The van der Waals surface area contributed by atoms with Crippen molar-refractivity contribution in [3.8, 4) is 0 Å². The maximum Gasteiger partial charge on any atom is 2.00 e. The van der Waals surface area contributed by atoms with Crippen molar-refractivity contribution in [1.82, 2.24) is 0 Å². The first kappa shape index (κ1) is 46.1. The second-order valence-corrected chi connectivity index (χ2v) is 22.5. The minimum absolute atomic E-state index is 0. The minimum atomic E-state index is -0.957. The number of fused-ring (bicyclic) bond motifs is 10. The Balaban J connectivity index is 0.000000189. The first-order chi connectivity index (χ1) is 26.3. The molecule has 8 aliphatic rings. The van der Waals surface area contributed by atoms with Crippen molar-refractivity contribution in [3.63, 3.8) is 0 Å².